The number of hydrogen-bond donors (Lipinski definition) is 1. The quantitative estimate of drug-likeness (QED) is 0.643. The molecule has 0 aliphatic heterocycles. The zero-order valence-corrected chi connectivity index (χ0v) is 19.4. The van der Waals surface area contributed by atoms with Crippen LogP contribution in [0.3, 0.4) is 0 Å². The molecule has 0 spiro atoms. The lowest BCUT2D eigenvalue weighted by molar-refractivity contribution is -0.117. The molecule has 2 aromatic rings. The molecule has 0 aliphatic carbocycles. The van der Waals surface area contributed by atoms with Gasteiger partial charge in [0.05, 0.1) is 11.9 Å². The van der Waals surface area contributed by atoms with Crippen LogP contribution in [-0.2, 0) is 14.8 Å². The fraction of sp³-hybridized carbons (Fsp3) is 0.409. The van der Waals surface area contributed by atoms with Crippen molar-refractivity contribution >= 4 is 38.9 Å². The second kappa shape index (κ2) is 9.18. The van der Waals surface area contributed by atoms with Gasteiger partial charge in [0.25, 0.3) is 0 Å². The number of rotatable bonds is 7. The molecule has 0 bridgehead atoms. The third-order valence-corrected chi connectivity index (χ3v) is 6.31. The Bertz CT molecular complexity index is 1000. The number of halogens is 1. The van der Waals surface area contributed by atoms with Gasteiger partial charge in [0.15, 0.2) is 0 Å². The highest BCUT2D eigenvalue weighted by Crippen LogP contribution is 2.31. The molecule has 0 heterocycles. The van der Waals surface area contributed by atoms with Crippen LogP contribution in [0, 0.1) is 13.8 Å². The van der Waals surface area contributed by atoms with E-state index in [4.69, 9.17) is 11.6 Å². The van der Waals surface area contributed by atoms with Crippen molar-refractivity contribution in [1.82, 2.24) is 0 Å². The number of carbonyl (C=O) groups is 1. The van der Waals surface area contributed by atoms with Crippen molar-refractivity contribution < 1.29 is 13.2 Å². The van der Waals surface area contributed by atoms with Crippen LogP contribution in [0.1, 0.15) is 49.8 Å². The van der Waals surface area contributed by atoms with E-state index in [1.165, 1.54) is 4.31 Å². The van der Waals surface area contributed by atoms with Crippen LogP contribution in [0.4, 0.5) is 11.4 Å². The molecular formula is C22H29ClN2O3S. The highest BCUT2D eigenvalue weighted by molar-refractivity contribution is 7.92. The van der Waals surface area contributed by atoms with Crippen molar-refractivity contribution in [2.75, 3.05) is 15.9 Å². The smallest absolute Gasteiger partial charge is 0.248 e. The van der Waals surface area contributed by atoms with Crippen molar-refractivity contribution in [1.29, 1.82) is 0 Å². The average Bonchev–Trinajstić information content (AvgIpc) is 2.62. The first-order valence-corrected chi connectivity index (χ1v) is 11.9. The minimum Gasteiger partial charge on any atom is -0.324 e. The van der Waals surface area contributed by atoms with Gasteiger partial charge < -0.3 is 5.32 Å². The molecule has 1 atom stereocenters. The van der Waals surface area contributed by atoms with Gasteiger partial charge in [-0.2, -0.15) is 0 Å². The molecule has 7 heteroatoms. The number of anilines is 2. The number of amides is 1. The summed E-state index contributed by atoms with van der Waals surface area (Å²) in [6.07, 6.45) is 1.42. The Balaban J connectivity index is 2.52. The summed E-state index contributed by atoms with van der Waals surface area (Å²) in [4.78, 5) is 13.3. The van der Waals surface area contributed by atoms with E-state index < -0.39 is 16.1 Å². The summed E-state index contributed by atoms with van der Waals surface area (Å²) in [5, 5.41) is 3.40. The molecule has 1 N–H and O–H groups in total. The molecule has 0 radical (unpaired) electrons. The van der Waals surface area contributed by atoms with Gasteiger partial charge in [0.1, 0.15) is 6.04 Å². The predicted octanol–water partition coefficient (Wildman–Crippen LogP) is 5.26. The maximum Gasteiger partial charge on any atom is 0.248 e. The summed E-state index contributed by atoms with van der Waals surface area (Å²) in [5.74, 6) is -0.153. The average molecular weight is 437 g/mol. The second-order valence-electron chi connectivity index (χ2n) is 7.60. The number of aryl methyl sites for hydroxylation is 2. The summed E-state index contributed by atoms with van der Waals surface area (Å²) >= 11 is 6.12. The summed E-state index contributed by atoms with van der Waals surface area (Å²) in [6, 6.07) is 9.99. The first-order chi connectivity index (χ1) is 13.5. The van der Waals surface area contributed by atoms with Crippen molar-refractivity contribution in [2.45, 2.75) is 53.0 Å². The summed E-state index contributed by atoms with van der Waals surface area (Å²) in [6.45, 7) is 9.63. The van der Waals surface area contributed by atoms with Crippen LogP contribution in [0.25, 0.3) is 0 Å². The largest absolute Gasteiger partial charge is 0.324 e. The van der Waals surface area contributed by atoms with Crippen LogP contribution in [0.2, 0.25) is 5.02 Å². The Morgan fingerprint density at radius 1 is 1.14 bits per heavy atom. The first kappa shape index (κ1) is 23.2. The van der Waals surface area contributed by atoms with Crippen molar-refractivity contribution in [3.63, 3.8) is 0 Å². The second-order valence-corrected chi connectivity index (χ2v) is 9.89. The number of para-hydroxylation sites is 1. The van der Waals surface area contributed by atoms with Gasteiger partial charge in [0.2, 0.25) is 15.9 Å². The molecular weight excluding hydrogens is 408 g/mol. The minimum absolute atomic E-state index is 0.214. The van der Waals surface area contributed by atoms with E-state index in [0.717, 1.165) is 28.6 Å². The third-order valence-electron chi connectivity index (χ3n) is 4.91. The Morgan fingerprint density at radius 3 is 2.34 bits per heavy atom. The number of hydrogen-bond acceptors (Lipinski definition) is 3. The van der Waals surface area contributed by atoms with Crippen molar-refractivity contribution in [3.05, 3.63) is 58.1 Å². The molecule has 1 amide bonds. The fourth-order valence-electron chi connectivity index (χ4n) is 3.40. The molecule has 158 valence electrons. The molecule has 0 aromatic heterocycles. The first-order valence-electron chi connectivity index (χ1n) is 9.63. The molecule has 0 saturated carbocycles. The van der Waals surface area contributed by atoms with E-state index >= 15 is 0 Å². The lowest BCUT2D eigenvalue weighted by Gasteiger charge is -2.32. The number of sulfonamides is 1. The van der Waals surface area contributed by atoms with Gasteiger partial charge in [-0.05, 0) is 55.0 Å². The number of nitrogens with zero attached hydrogens (tertiary/aromatic N) is 1. The van der Waals surface area contributed by atoms with Gasteiger partial charge in [0, 0.05) is 10.7 Å². The van der Waals surface area contributed by atoms with Gasteiger partial charge in [-0.1, -0.05) is 56.6 Å². The van der Waals surface area contributed by atoms with E-state index in [9.17, 15) is 13.2 Å². The molecule has 2 aromatic carbocycles. The van der Waals surface area contributed by atoms with E-state index in [1.807, 2.05) is 25.1 Å². The van der Waals surface area contributed by atoms with Crippen molar-refractivity contribution in [2.24, 2.45) is 0 Å². The standard InChI is InChI=1S/C22H29ClN2O3S/c1-7-19(22(26)24-21-16(5)9-8-10-18(21)14(2)3)25(29(6,27)28)20-13-17(23)12-11-15(20)4/h8-14,19H,7H2,1-6H3,(H,24,26)/t19-/m1/s1. The third kappa shape index (κ3) is 5.31. The highest BCUT2D eigenvalue weighted by atomic mass is 35.5. The normalized spacial score (nSPS) is 12.7. The molecule has 0 aliphatic rings. The molecule has 29 heavy (non-hydrogen) atoms. The maximum absolute atomic E-state index is 13.3. The number of benzene rings is 2. The molecule has 0 saturated heterocycles. The van der Waals surface area contributed by atoms with E-state index in [2.05, 4.69) is 19.2 Å². The minimum atomic E-state index is -3.73. The molecule has 0 fully saturated rings. The number of nitrogens with one attached hydrogen (secondary N) is 1. The molecule has 2 rings (SSSR count). The topological polar surface area (TPSA) is 66.5 Å². The predicted molar refractivity (Wildman–Crippen MR) is 121 cm³/mol. The zero-order chi connectivity index (χ0) is 21.9. The Morgan fingerprint density at radius 2 is 1.79 bits per heavy atom. The van der Waals surface area contributed by atoms with Gasteiger partial charge >= 0.3 is 0 Å². The molecule has 5 nitrogen and oxygen atoms in total. The van der Waals surface area contributed by atoms with E-state index in [1.54, 1.807) is 32.0 Å². The maximum atomic E-state index is 13.3. The highest BCUT2D eigenvalue weighted by Gasteiger charge is 2.33. The van der Waals surface area contributed by atoms with Crippen LogP contribution < -0.4 is 9.62 Å². The monoisotopic (exact) mass is 436 g/mol. The van der Waals surface area contributed by atoms with Crippen molar-refractivity contribution in [3.8, 4) is 0 Å². The van der Waals surface area contributed by atoms with Crippen LogP contribution in [0.5, 0.6) is 0 Å². The van der Waals surface area contributed by atoms with Crippen LogP contribution in [0.15, 0.2) is 36.4 Å². The van der Waals surface area contributed by atoms with Gasteiger partial charge in [-0.25, -0.2) is 8.42 Å². The van der Waals surface area contributed by atoms with Crippen LogP contribution >= 0.6 is 11.6 Å². The van der Waals surface area contributed by atoms with Gasteiger partial charge in [-0.15, -0.1) is 0 Å². The summed E-state index contributed by atoms with van der Waals surface area (Å²) < 4.78 is 26.6. The van der Waals surface area contributed by atoms with E-state index in [0.29, 0.717) is 17.1 Å². The van der Waals surface area contributed by atoms with Crippen LogP contribution in [-0.4, -0.2) is 26.6 Å². The summed E-state index contributed by atoms with van der Waals surface area (Å²) in [5.41, 5.74) is 3.82. The SMILES string of the molecule is CC[C@H](C(=O)Nc1c(C)cccc1C(C)C)N(c1cc(Cl)ccc1C)S(C)(=O)=O. The summed E-state index contributed by atoms with van der Waals surface area (Å²) in [7, 11) is -3.73. The lowest BCUT2D eigenvalue weighted by atomic mass is 9.98. The Hall–Kier alpha value is -2.05. The number of carbonyl (C=O) groups excluding carboxylic acids is 1. The fourth-order valence-corrected chi connectivity index (χ4v) is 4.83. The Kier molecular flexibility index (Phi) is 7.35. The molecule has 0 unspecified atom stereocenters. The van der Waals surface area contributed by atoms with E-state index in [-0.39, 0.29) is 11.8 Å². The lowest BCUT2D eigenvalue weighted by Crippen LogP contribution is -2.47. The van der Waals surface area contributed by atoms with Gasteiger partial charge in [-0.3, -0.25) is 9.10 Å². The zero-order valence-electron chi connectivity index (χ0n) is 17.8. The Labute approximate surface area is 179 Å².